The van der Waals surface area contributed by atoms with E-state index >= 15 is 0 Å². The fourth-order valence-electron chi connectivity index (χ4n) is 3.25. The maximum absolute atomic E-state index is 11.9. The van der Waals surface area contributed by atoms with Crippen molar-refractivity contribution in [2.45, 2.75) is 63.8 Å². The molecule has 4 heteroatoms. The molecule has 0 radical (unpaired) electrons. The molecule has 0 aromatic heterocycles. The van der Waals surface area contributed by atoms with Crippen LogP contribution in [0.4, 0.5) is 0 Å². The Bertz CT molecular complexity index is 272. The minimum Gasteiger partial charge on any atom is -0.355 e. The van der Waals surface area contributed by atoms with E-state index in [4.69, 9.17) is 0 Å². The van der Waals surface area contributed by atoms with Gasteiger partial charge in [-0.2, -0.15) is 11.8 Å². The first-order valence-electron chi connectivity index (χ1n) is 8.42. The number of carbonyl (C=O) groups excluding carboxylic acids is 1. The smallest absolute Gasteiger partial charge is 0.220 e. The summed E-state index contributed by atoms with van der Waals surface area (Å²) >= 11 is 2.02. The van der Waals surface area contributed by atoms with Crippen molar-refractivity contribution in [3.05, 3.63) is 0 Å². The van der Waals surface area contributed by atoms with Crippen molar-refractivity contribution < 1.29 is 4.79 Å². The van der Waals surface area contributed by atoms with Crippen LogP contribution in [0, 0.1) is 5.92 Å². The van der Waals surface area contributed by atoms with Crippen LogP contribution in [0.1, 0.15) is 57.8 Å². The second-order valence-electron chi connectivity index (χ2n) is 6.25. The predicted octanol–water partition coefficient (Wildman–Crippen LogP) is 2.95. The zero-order chi connectivity index (χ0) is 14.0. The maximum Gasteiger partial charge on any atom is 0.220 e. The average molecular weight is 298 g/mol. The molecule has 0 spiro atoms. The van der Waals surface area contributed by atoms with Crippen molar-refractivity contribution in [2.75, 3.05) is 24.6 Å². The van der Waals surface area contributed by atoms with Crippen molar-refractivity contribution in [2.24, 2.45) is 5.92 Å². The van der Waals surface area contributed by atoms with Crippen LogP contribution in [0.5, 0.6) is 0 Å². The lowest BCUT2D eigenvalue weighted by molar-refractivity contribution is -0.122. The van der Waals surface area contributed by atoms with Crippen LogP contribution in [0.25, 0.3) is 0 Å². The van der Waals surface area contributed by atoms with Gasteiger partial charge in [-0.25, -0.2) is 0 Å². The van der Waals surface area contributed by atoms with Gasteiger partial charge in [-0.1, -0.05) is 25.7 Å². The SMILES string of the molecule is O=C(CC1CCSCC1)NCCNC1CCCCCC1. The van der Waals surface area contributed by atoms with Gasteiger partial charge in [0, 0.05) is 25.6 Å². The van der Waals surface area contributed by atoms with Crippen molar-refractivity contribution >= 4 is 17.7 Å². The molecule has 1 aliphatic carbocycles. The van der Waals surface area contributed by atoms with E-state index in [0.717, 1.165) is 19.5 Å². The average Bonchev–Trinajstić information content (AvgIpc) is 2.73. The molecule has 2 fully saturated rings. The third kappa shape index (κ3) is 6.49. The molecule has 0 atom stereocenters. The molecular weight excluding hydrogens is 268 g/mol. The number of amides is 1. The molecule has 1 aliphatic heterocycles. The quantitative estimate of drug-likeness (QED) is 0.585. The molecule has 2 aliphatic rings. The first-order chi connectivity index (χ1) is 9.84. The van der Waals surface area contributed by atoms with Crippen LogP contribution in [-0.2, 0) is 4.79 Å². The first kappa shape index (κ1) is 16.2. The Labute approximate surface area is 128 Å². The van der Waals surface area contributed by atoms with Gasteiger partial charge in [0.1, 0.15) is 0 Å². The third-order valence-electron chi connectivity index (χ3n) is 4.55. The Hall–Kier alpha value is -0.220. The summed E-state index contributed by atoms with van der Waals surface area (Å²) in [6.45, 7) is 1.72. The lowest BCUT2D eigenvalue weighted by atomic mass is 9.98. The molecule has 2 N–H and O–H groups in total. The van der Waals surface area contributed by atoms with E-state index in [1.165, 1.54) is 62.9 Å². The highest BCUT2D eigenvalue weighted by Gasteiger charge is 2.17. The van der Waals surface area contributed by atoms with Gasteiger partial charge in [0.2, 0.25) is 5.91 Å². The zero-order valence-electron chi connectivity index (χ0n) is 12.7. The number of thioether (sulfide) groups is 1. The highest BCUT2D eigenvalue weighted by molar-refractivity contribution is 7.99. The van der Waals surface area contributed by atoms with Gasteiger partial charge >= 0.3 is 0 Å². The summed E-state index contributed by atoms with van der Waals surface area (Å²) in [6.07, 6.45) is 11.3. The van der Waals surface area contributed by atoms with Crippen LogP contribution in [-0.4, -0.2) is 36.5 Å². The van der Waals surface area contributed by atoms with Crippen molar-refractivity contribution in [3.63, 3.8) is 0 Å². The number of hydrogen-bond acceptors (Lipinski definition) is 3. The Morgan fingerprint density at radius 3 is 2.35 bits per heavy atom. The number of carbonyl (C=O) groups is 1. The highest BCUT2D eigenvalue weighted by atomic mass is 32.2. The van der Waals surface area contributed by atoms with E-state index in [-0.39, 0.29) is 5.91 Å². The summed E-state index contributed by atoms with van der Waals surface area (Å²) < 4.78 is 0. The summed E-state index contributed by atoms with van der Waals surface area (Å²) in [7, 11) is 0. The Morgan fingerprint density at radius 2 is 1.65 bits per heavy atom. The third-order valence-corrected chi connectivity index (χ3v) is 5.60. The standard InChI is InChI=1S/C16H30N2OS/c19-16(13-14-7-11-20-12-8-14)18-10-9-17-15-5-3-1-2-4-6-15/h14-15,17H,1-13H2,(H,18,19). The monoisotopic (exact) mass is 298 g/mol. The molecule has 0 unspecified atom stereocenters. The normalized spacial score (nSPS) is 22.4. The molecular formula is C16H30N2OS. The number of hydrogen-bond donors (Lipinski definition) is 2. The lowest BCUT2D eigenvalue weighted by Gasteiger charge is -2.21. The van der Waals surface area contributed by atoms with Gasteiger partial charge in [0.25, 0.3) is 0 Å². The largest absolute Gasteiger partial charge is 0.355 e. The van der Waals surface area contributed by atoms with E-state index in [1.54, 1.807) is 0 Å². The second-order valence-corrected chi connectivity index (χ2v) is 7.48. The second kappa shape index (κ2) is 9.67. The minimum absolute atomic E-state index is 0.254. The highest BCUT2D eigenvalue weighted by Crippen LogP contribution is 2.25. The topological polar surface area (TPSA) is 41.1 Å². The van der Waals surface area contributed by atoms with E-state index < -0.39 is 0 Å². The van der Waals surface area contributed by atoms with Gasteiger partial charge in [0.05, 0.1) is 0 Å². The zero-order valence-corrected chi connectivity index (χ0v) is 13.5. The maximum atomic E-state index is 11.9. The van der Waals surface area contributed by atoms with Gasteiger partial charge in [-0.05, 0) is 43.1 Å². The molecule has 3 nitrogen and oxygen atoms in total. The summed E-state index contributed by atoms with van der Waals surface area (Å²) in [5.41, 5.74) is 0. The summed E-state index contributed by atoms with van der Waals surface area (Å²) in [5.74, 6) is 3.36. The van der Waals surface area contributed by atoms with E-state index in [2.05, 4.69) is 10.6 Å². The van der Waals surface area contributed by atoms with Gasteiger partial charge in [-0.15, -0.1) is 0 Å². The molecule has 0 bridgehead atoms. The van der Waals surface area contributed by atoms with E-state index in [1.807, 2.05) is 11.8 Å². The van der Waals surface area contributed by atoms with Crippen LogP contribution in [0.3, 0.4) is 0 Å². The summed E-state index contributed by atoms with van der Waals surface area (Å²) in [4.78, 5) is 11.9. The lowest BCUT2D eigenvalue weighted by Crippen LogP contribution is -2.37. The number of rotatable bonds is 6. The molecule has 116 valence electrons. The van der Waals surface area contributed by atoms with Crippen molar-refractivity contribution in [3.8, 4) is 0 Å². The molecule has 1 amide bonds. The van der Waals surface area contributed by atoms with Crippen LogP contribution in [0.2, 0.25) is 0 Å². The molecule has 2 rings (SSSR count). The Kier molecular flexibility index (Phi) is 7.81. The Balaban J connectivity index is 1.50. The molecule has 20 heavy (non-hydrogen) atoms. The van der Waals surface area contributed by atoms with Crippen LogP contribution in [0.15, 0.2) is 0 Å². The van der Waals surface area contributed by atoms with Gasteiger partial charge < -0.3 is 10.6 Å². The van der Waals surface area contributed by atoms with E-state index in [9.17, 15) is 4.79 Å². The van der Waals surface area contributed by atoms with Crippen LogP contribution >= 0.6 is 11.8 Å². The fourth-order valence-corrected chi connectivity index (χ4v) is 4.45. The first-order valence-corrected chi connectivity index (χ1v) is 9.58. The van der Waals surface area contributed by atoms with Crippen molar-refractivity contribution in [1.29, 1.82) is 0 Å². The molecule has 1 saturated carbocycles. The fraction of sp³-hybridized carbons (Fsp3) is 0.938. The number of nitrogens with one attached hydrogen (secondary N) is 2. The van der Waals surface area contributed by atoms with E-state index in [0.29, 0.717) is 12.0 Å². The Morgan fingerprint density at radius 1 is 0.950 bits per heavy atom. The predicted molar refractivity (Wildman–Crippen MR) is 87.2 cm³/mol. The van der Waals surface area contributed by atoms with Crippen molar-refractivity contribution in [1.82, 2.24) is 10.6 Å². The van der Waals surface area contributed by atoms with Gasteiger partial charge in [-0.3, -0.25) is 4.79 Å². The molecule has 1 saturated heterocycles. The summed E-state index contributed by atoms with van der Waals surface area (Å²) in [5, 5.41) is 6.68. The summed E-state index contributed by atoms with van der Waals surface area (Å²) in [6, 6.07) is 0.685. The minimum atomic E-state index is 0.254. The van der Waals surface area contributed by atoms with Crippen LogP contribution < -0.4 is 10.6 Å². The molecule has 0 aromatic carbocycles. The molecule has 1 heterocycles. The van der Waals surface area contributed by atoms with Gasteiger partial charge in [0.15, 0.2) is 0 Å². The molecule has 0 aromatic rings.